The highest BCUT2D eigenvalue weighted by Gasteiger charge is 2.27. The van der Waals surface area contributed by atoms with Crippen LogP contribution in [0.2, 0.25) is 0 Å². The van der Waals surface area contributed by atoms with Gasteiger partial charge in [-0.15, -0.1) is 0 Å². The Kier molecular flexibility index (Phi) is 6.36. The number of aromatic nitrogens is 1. The largest absolute Gasteiger partial charge is 0.419 e. The zero-order valence-electron chi connectivity index (χ0n) is 18.4. The fraction of sp³-hybridized carbons (Fsp3) is 0.167. The fourth-order valence-electron chi connectivity index (χ4n) is 3.47. The lowest BCUT2D eigenvalue weighted by Gasteiger charge is -2.19. The van der Waals surface area contributed by atoms with Crippen LogP contribution < -0.4 is 15.8 Å². The molecule has 0 aliphatic rings. The van der Waals surface area contributed by atoms with Crippen molar-refractivity contribution in [2.45, 2.75) is 24.3 Å². The number of hydrogen-bond donors (Lipinski definition) is 2. The third-order valence-electron chi connectivity index (χ3n) is 5.41. The number of oxazole rings is 1. The van der Waals surface area contributed by atoms with Gasteiger partial charge in [0.1, 0.15) is 11.9 Å². The summed E-state index contributed by atoms with van der Waals surface area (Å²) in [6.07, 6.45) is 0.0584. The van der Waals surface area contributed by atoms with Crippen molar-refractivity contribution in [2.24, 2.45) is 7.05 Å². The summed E-state index contributed by atoms with van der Waals surface area (Å²) < 4.78 is 49.0. The van der Waals surface area contributed by atoms with Crippen molar-refractivity contribution < 1.29 is 22.0 Å². The van der Waals surface area contributed by atoms with Crippen LogP contribution in [0.1, 0.15) is 11.1 Å². The number of fused-ring (bicyclic) bond motifs is 1. The molecule has 4 aromatic rings. The molecule has 176 valence electrons. The van der Waals surface area contributed by atoms with Gasteiger partial charge < -0.3 is 9.73 Å². The first-order valence-electron chi connectivity index (χ1n) is 10.4. The highest BCUT2D eigenvalue weighted by Crippen LogP contribution is 2.20. The van der Waals surface area contributed by atoms with Gasteiger partial charge in [-0.25, -0.2) is 17.6 Å². The fourth-order valence-corrected chi connectivity index (χ4v) is 4.68. The maximum atomic E-state index is 13.9. The molecule has 0 saturated carbocycles. The number of amides is 1. The summed E-state index contributed by atoms with van der Waals surface area (Å²) in [6.45, 7) is 1.60. The number of nitrogens with one attached hydrogen (secondary N) is 2. The molecule has 34 heavy (non-hydrogen) atoms. The van der Waals surface area contributed by atoms with E-state index in [1.807, 2.05) is 0 Å². The highest BCUT2D eigenvalue weighted by molar-refractivity contribution is 7.89. The summed E-state index contributed by atoms with van der Waals surface area (Å²) >= 11 is 0. The smallest absolute Gasteiger partial charge is 0.408 e. The Balaban J connectivity index is 1.64. The Hall–Kier alpha value is -3.76. The minimum absolute atomic E-state index is 0.0584. The van der Waals surface area contributed by atoms with E-state index in [1.165, 1.54) is 48.0 Å². The van der Waals surface area contributed by atoms with Crippen LogP contribution in [0, 0.1) is 12.7 Å². The van der Waals surface area contributed by atoms with Gasteiger partial charge in [-0.1, -0.05) is 36.4 Å². The van der Waals surface area contributed by atoms with E-state index >= 15 is 0 Å². The number of carbonyl (C=O) groups is 1. The van der Waals surface area contributed by atoms with E-state index in [-0.39, 0.29) is 22.6 Å². The summed E-state index contributed by atoms with van der Waals surface area (Å²) in [5.74, 6) is -1.76. The molecule has 1 heterocycles. The second-order valence-corrected chi connectivity index (χ2v) is 9.59. The second-order valence-electron chi connectivity index (χ2n) is 7.87. The van der Waals surface area contributed by atoms with Gasteiger partial charge in [0.25, 0.3) is 0 Å². The van der Waals surface area contributed by atoms with Crippen LogP contribution in [0.25, 0.3) is 11.1 Å². The summed E-state index contributed by atoms with van der Waals surface area (Å²) in [5, 5.41) is 2.58. The first-order chi connectivity index (χ1) is 16.1. The van der Waals surface area contributed by atoms with Gasteiger partial charge in [0, 0.05) is 18.8 Å². The predicted molar refractivity (Wildman–Crippen MR) is 125 cm³/mol. The van der Waals surface area contributed by atoms with E-state index in [2.05, 4.69) is 10.0 Å². The molecule has 8 nitrogen and oxygen atoms in total. The maximum absolute atomic E-state index is 13.9. The van der Waals surface area contributed by atoms with Crippen LogP contribution in [0.15, 0.2) is 80.8 Å². The summed E-state index contributed by atoms with van der Waals surface area (Å²) in [4.78, 5) is 24.6. The molecule has 0 spiro atoms. The molecule has 0 aliphatic carbocycles. The minimum atomic E-state index is -4.18. The number of halogens is 1. The van der Waals surface area contributed by atoms with E-state index < -0.39 is 33.5 Å². The molecule has 1 aromatic heterocycles. The molecule has 0 saturated heterocycles. The van der Waals surface area contributed by atoms with Crippen molar-refractivity contribution in [3.8, 4) is 0 Å². The Morgan fingerprint density at radius 1 is 1.09 bits per heavy atom. The number of sulfonamides is 1. The number of benzene rings is 3. The Labute approximate surface area is 195 Å². The van der Waals surface area contributed by atoms with Gasteiger partial charge in [-0.05, 0) is 48.7 Å². The molecule has 0 unspecified atom stereocenters. The van der Waals surface area contributed by atoms with Crippen LogP contribution in [-0.2, 0) is 28.3 Å². The number of rotatable bonds is 7. The SMILES string of the molecule is Cc1ccc(NC(=O)[C@H](Cc2ccccc2)NS(=O)(=O)c2ccc3c(c2)oc(=O)n3C)cc1F. The average Bonchev–Trinajstić information content (AvgIpc) is 3.09. The second kappa shape index (κ2) is 9.24. The molecule has 10 heteroatoms. The summed E-state index contributed by atoms with van der Waals surface area (Å²) in [5.41, 5.74) is 1.89. The number of nitrogens with zero attached hydrogens (tertiary/aromatic N) is 1. The maximum Gasteiger partial charge on any atom is 0.419 e. The Morgan fingerprint density at radius 2 is 1.82 bits per heavy atom. The monoisotopic (exact) mass is 483 g/mol. The molecular formula is C24H22FN3O5S. The first kappa shape index (κ1) is 23.4. The predicted octanol–water partition coefficient (Wildman–Crippen LogP) is 3.11. The van der Waals surface area contributed by atoms with E-state index in [0.29, 0.717) is 11.1 Å². The van der Waals surface area contributed by atoms with E-state index in [9.17, 15) is 22.4 Å². The summed E-state index contributed by atoms with van der Waals surface area (Å²) in [6, 6.07) is 15.9. The van der Waals surface area contributed by atoms with Gasteiger partial charge in [-0.2, -0.15) is 4.72 Å². The standard InChI is InChI=1S/C24H22FN3O5S/c1-15-8-9-17(13-19(15)25)26-23(29)20(12-16-6-4-3-5-7-16)27-34(31,32)18-10-11-21-22(14-18)33-24(30)28(21)2/h3-11,13-14,20,27H,12H2,1-2H3,(H,26,29)/t20-/m0/s1. The number of carbonyl (C=O) groups excluding carboxylic acids is 1. The van der Waals surface area contributed by atoms with Gasteiger partial charge in [0.05, 0.1) is 10.4 Å². The van der Waals surface area contributed by atoms with Crippen molar-refractivity contribution in [1.82, 2.24) is 9.29 Å². The lowest BCUT2D eigenvalue weighted by atomic mass is 10.1. The van der Waals surface area contributed by atoms with Crippen molar-refractivity contribution in [2.75, 3.05) is 5.32 Å². The molecule has 0 aliphatic heterocycles. The highest BCUT2D eigenvalue weighted by atomic mass is 32.2. The lowest BCUT2D eigenvalue weighted by molar-refractivity contribution is -0.117. The number of hydrogen-bond acceptors (Lipinski definition) is 5. The quantitative estimate of drug-likeness (QED) is 0.420. The molecule has 4 rings (SSSR count). The van der Waals surface area contributed by atoms with Gasteiger partial charge in [0.15, 0.2) is 5.58 Å². The molecular weight excluding hydrogens is 461 g/mol. The zero-order chi connectivity index (χ0) is 24.5. The van der Waals surface area contributed by atoms with Gasteiger partial charge in [0.2, 0.25) is 15.9 Å². The number of anilines is 1. The van der Waals surface area contributed by atoms with E-state index in [0.717, 1.165) is 5.56 Å². The van der Waals surface area contributed by atoms with Crippen LogP contribution in [0.5, 0.6) is 0 Å². The minimum Gasteiger partial charge on any atom is -0.408 e. The molecule has 0 bridgehead atoms. The normalized spacial score (nSPS) is 12.6. The molecule has 1 amide bonds. The topological polar surface area (TPSA) is 110 Å². The molecule has 2 N–H and O–H groups in total. The van der Waals surface area contributed by atoms with Crippen molar-refractivity contribution >= 4 is 32.7 Å². The first-order valence-corrected chi connectivity index (χ1v) is 11.9. The average molecular weight is 484 g/mol. The van der Waals surface area contributed by atoms with Gasteiger partial charge in [-0.3, -0.25) is 9.36 Å². The van der Waals surface area contributed by atoms with Crippen LogP contribution in [0.4, 0.5) is 10.1 Å². The third-order valence-corrected chi connectivity index (χ3v) is 6.88. The zero-order valence-corrected chi connectivity index (χ0v) is 19.2. The Morgan fingerprint density at radius 3 is 2.53 bits per heavy atom. The third kappa shape index (κ3) is 4.92. The lowest BCUT2D eigenvalue weighted by Crippen LogP contribution is -2.45. The van der Waals surface area contributed by atoms with E-state index in [1.54, 1.807) is 37.3 Å². The molecule has 0 fully saturated rings. The number of aryl methyl sites for hydroxylation is 2. The van der Waals surface area contributed by atoms with Crippen molar-refractivity contribution in [1.29, 1.82) is 0 Å². The van der Waals surface area contributed by atoms with Gasteiger partial charge >= 0.3 is 5.76 Å². The molecule has 0 radical (unpaired) electrons. The molecule has 1 atom stereocenters. The molecule has 3 aromatic carbocycles. The van der Waals surface area contributed by atoms with Crippen LogP contribution in [0.3, 0.4) is 0 Å². The van der Waals surface area contributed by atoms with Crippen molar-refractivity contribution in [3.05, 3.63) is 94.2 Å². The Bertz CT molecular complexity index is 1530. The van der Waals surface area contributed by atoms with E-state index in [4.69, 9.17) is 4.42 Å². The van der Waals surface area contributed by atoms with Crippen LogP contribution in [-0.4, -0.2) is 24.9 Å². The van der Waals surface area contributed by atoms with Crippen molar-refractivity contribution in [3.63, 3.8) is 0 Å². The summed E-state index contributed by atoms with van der Waals surface area (Å²) in [7, 11) is -2.67. The van der Waals surface area contributed by atoms with Crippen LogP contribution >= 0.6 is 0 Å².